The van der Waals surface area contributed by atoms with Gasteiger partial charge in [0.1, 0.15) is 0 Å². The number of methoxy groups -OCH3 is 1. The lowest BCUT2D eigenvalue weighted by molar-refractivity contribution is -0.139. The smallest absolute Gasteiger partial charge is 0.329 e. The standard InChI is InChI=1S/C15H18ClN3O5/c1-23-12-6-9(5-11(16)13(12)20)7-18-19-15(22)14(21)17-8-10-3-2-4-24-10/h5-7,10,20H,2-4,8H2,1H3,(H,17,21)(H,19,22). The molecule has 130 valence electrons. The van der Waals surface area contributed by atoms with Gasteiger partial charge in [0.15, 0.2) is 11.5 Å². The highest BCUT2D eigenvalue weighted by Crippen LogP contribution is 2.34. The van der Waals surface area contributed by atoms with E-state index in [9.17, 15) is 14.7 Å². The van der Waals surface area contributed by atoms with E-state index in [-0.39, 0.29) is 22.6 Å². The van der Waals surface area contributed by atoms with Crippen molar-refractivity contribution in [2.45, 2.75) is 18.9 Å². The molecule has 1 heterocycles. The van der Waals surface area contributed by atoms with Crippen LogP contribution in [0.3, 0.4) is 0 Å². The molecule has 0 aromatic heterocycles. The van der Waals surface area contributed by atoms with Gasteiger partial charge in [-0.2, -0.15) is 5.10 Å². The molecule has 9 heteroatoms. The first-order valence-corrected chi connectivity index (χ1v) is 7.68. The summed E-state index contributed by atoms with van der Waals surface area (Å²) in [7, 11) is 1.38. The average Bonchev–Trinajstić information content (AvgIpc) is 3.09. The van der Waals surface area contributed by atoms with Gasteiger partial charge in [-0.05, 0) is 30.5 Å². The molecule has 1 fully saturated rings. The van der Waals surface area contributed by atoms with E-state index in [4.69, 9.17) is 21.1 Å². The molecule has 0 bridgehead atoms. The number of hydrazone groups is 1. The second-order valence-corrected chi connectivity index (χ2v) is 5.50. The summed E-state index contributed by atoms with van der Waals surface area (Å²) < 4.78 is 10.3. The van der Waals surface area contributed by atoms with Crippen LogP contribution in [-0.4, -0.2) is 49.5 Å². The number of aromatic hydroxyl groups is 1. The maximum absolute atomic E-state index is 11.6. The molecule has 1 aromatic rings. The summed E-state index contributed by atoms with van der Waals surface area (Å²) >= 11 is 5.84. The van der Waals surface area contributed by atoms with E-state index in [1.165, 1.54) is 25.5 Å². The van der Waals surface area contributed by atoms with Gasteiger partial charge in [-0.15, -0.1) is 0 Å². The molecule has 1 unspecified atom stereocenters. The third kappa shape index (κ3) is 4.84. The Hall–Kier alpha value is -2.32. The number of hydrogen-bond acceptors (Lipinski definition) is 6. The molecule has 2 rings (SSSR count). The monoisotopic (exact) mass is 355 g/mol. The van der Waals surface area contributed by atoms with Gasteiger partial charge >= 0.3 is 11.8 Å². The molecule has 0 spiro atoms. The fourth-order valence-electron chi connectivity index (χ4n) is 2.13. The first kappa shape index (κ1) is 18.0. The Balaban J connectivity index is 1.85. The van der Waals surface area contributed by atoms with Crippen molar-refractivity contribution in [3.63, 3.8) is 0 Å². The van der Waals surface area contributed by atoms with E-state index in [1.807, 2.05) is 0 Å². The van der Waals surface area contributed by atoms with Crippen molar-refractivity contribution in [1.29, 1.82) is 0 Å². The molecule has 1 aliphatic rings. The minimum Gasteiger partial charge on any atom is -0.503 e. The van der Waals surface area contributed by atoms with Crippen LogP contribution in [0.2, 0.25) is 5.02 Å². The molecule has 1 atom stereocenters. The molecule has 3 N–H and O–H groups in total. The number of carbonyl (C=O) groups excluding carboxylic acids is 2. The Kier molecular flexibility index (Phi) is 6.39. The van der Waals surface area contributed by atoms with Gasteiger partial charge in [0.2, 0.25) is 0 Å². The fourth-order valence-corrected chi connectivity index (χ4v) is 2.35. The largest absolute Gasteiger partial charge is 0.503 e. The zero-order valence-corrected chi connectivity index (χ0v) is 13.8. The van der Waals surface area contributed by atoms with Crippen LogP contribution in [0.5, 0.6) is 11.5 Å². The van der Waals surface area contributed by atoms with Crippen LogP contribution in [0.15, 0.2) is 17.2 Å². The molecular formula is C15H18ClN3O5. The Morgan fingerprint density at radius 1 is 1.50 bits per heavy atom. The van der Waals surface area contributed by atoms with Crippen molar-refractivity contribution in [2.75, 3.05) is 20.3 Å². The van der Waals surface area contributed by atoms with Crippen molar-refractivity contribution in [1.82, 2.24) is 10.7 Å². The third-order valence-corrected chi connectivity index (χ3v) is 3.66. The summed E-state index contributed by atoms with van der Waals surface area (Å²) in [6, 6.07) is 2.92. The van der Waals surface area contributed by atoms with Crippen LogP contribution >= 0.6 is 11.6 Å². The Morgan fingerprint density at radius 2 is 2.29 bits per heavy atom. The number of hydrogen-bond donors (Lipinski definition) is 3. The summed E-state index contributed by atoms with van der Waals surface area (Å²) in [5.41, 5.74) is 2.59. The molecule has 0 saturated carbocycles. The first-order valence-electron chi connectivity index (χ1n) is 7.30. The average molecular weight is 356 g/mol. The summed E-state index contributed by atoms with van der Waals surface area (Å²) in [6.45, 7) is 0.969. The minimum absolute atomic E-state index is 0.0446. The van der Waals surface area contributed by atoms with Crippen LogP contribution in [-0.2, 0) is 14.3 Å². The van der Waals surface area contributed by atoms with Gasteiger partial charge in [-0.25, -0.2) is 5.43 Å². The molecular weight excluding hydrogens is 338 g/mol. The Labute approximate surface area is 143 Å². The number of ether oxygens (including phenoxy) is 2. The number of nitrogens with one attached hydrogen (secondary N) is 2. The van der Waals surface area contributed by atoms with Crippen LogP contribution in [0.1, 0.15) is 18.4 Å². The Bertz CT molecular complexity index is 644. The molecule has 0 aliphatic carbocycles. The molecule has 8 nitrogen and oxygen atoms in total. The second-order valence-electron chi connectivity index (χ2n) is 5.10. The topological polar surface area (TPSA) is 109 Å². The normalized spacial score (nSPS) is 17.0. The van der Waals surface area contributed by atoms with Crippen LogP contribution in [0, 0.1) is 0 Å². The predicted molar refractivity (Wildman–Crippen MR) is 87.4 cm³/mol. The van der Waals surface area contributed by atoms with E-state index in [2.05, 4.69) is 15.8 Å². The SMILES string of the molecule is COc1cc(C=NNC(=O)C(=O)NCC2CCCO2)cc(Cl)c1O. The zero-order chi connectivity index (χ0) is 17.5. The molecule has 2 amide bonds. The lowest BCUT2D eigenvalue weighted by atomic mass is 10.2. The molecule has 24 heavy (non-hydrogen) atoms. The van der Waals surface area contributed by atoms with Gasteiger partial charge in [-0.3, -0.25) is 9.59 Å². The highest BCUT2D eigenvalue weighted by atomic mass is 35.5. The molecule has 1 saturated heterocycles. The zero-order valence-electron chi connectivity index (χ0n) is 13.0. The number of phenolic OH excluding ortho intramolecular Hbond substituents is 1. The maximum Gasteiger partial charge on any atom is 0.329 e. The van der Waals surface area contributed by atoms with Gasteiger partial charge in [0.25, 0.3) is 0 Å². The van der Waals surface area contributed by atoms with Crippen LogP contribution < -0.4 is 15.5 Å². The first-order chi connectivity index (χ1) is 11.5. The minimum atomic E-state index is -0.888. The van der Waals surface area contributed by atoms with E-state index in [0.717, 1.165) is 12.8 Å². The number of carbonyl (C=O) groups is 2. The van der Waals surface area contributed by atoms with E-state index in [0.29, 0.717) is 18.7 Å². The summed E-state index contributed by atoms with van der Waals surface area (Å²) in [6.07, 6.45) is 3.05. The number of nitrogens with zero attached hydrogens (tertiary/aromatic N) is 1. The maximum atomic E-state index is 11.6. The van der Waals surface area contributed by atoms with Crippen molar-refractivity contribution in [3.8, 4) is 11.5 Å². The number of rotatable bonds is 5. The van der Waals surface area contributed by atoms with Gasteiger partial charge < -0.3 is 19.9 Å². The highest BCUT2D eigenvalue weighted by Gasteiger charge is 2.19. The number of phenols is 1. The van der Waals surface area contributed by atoms with Crippen molar-refractivity contribution < 1.29 is 24.2 Å². The van der Waals surface area contributed by atoms with E-state index >= 15 is 0 Å². The molecule has 1 aliphatic heterocycles. The van der Waals surface area contributed by atoms with Crippen LogP contribution in [0.4, 0.5) is 0 Å². The summed E-state index contributed by atoms with van der Waals surface area (Å²) in [4.78, 5) is 23.2. The highest BCUT2D eigenvalue weighted by molar-refractivity contribution is 6.35. The lowest BCUT2D eigenvalue weighted by Crippen LogP contribution is -2.41. The van der Waals surface area contributed by atoms with Crippen LogP contribution in [0.25, 0.3) is 0 Å². The number of halogens is 1. The van der Waals surface area contributed by atoms with E-state index in [1.54, 1.807) is 0 Å². The van der Waals surface area contributed by atoms with Gasteiger partial charge in [0, 0.05) is 13.2 Å². The van der Waals surface area contributed by atoms with Gasteiger partial charge in [-0.1, -0.05) is 11.6 Å². The van der Waals surface area contributed by atoms with Crippen molar-refractivity contribution in [3.05, 3.63) is 22.7 Å². The predicted octanol–water partition coefficient (Wildman–Crippen LogP) is 0.800. The quantitative estimate of drug-likeness (QED) is 0.411. The Morgan fingerprint density at radius 3 is 2.96 bits per heavy atom. The second kappa shape index (κ2) is 8.51. The molecule has 0 radical (unpaired) electrons. The van der Waals surface area contributed by atoms with Crippen molar-refractivity contribution >= 4 is 29.6 Å². The fraction of sp³-hybridized carbons (Fsp3) is 0.400. The summed E-state index contributed by atoms with van der Waals surface area (Å²) in [5.74, 6) is -1.69. The third-order valence-electron chi connectivity index (χ3n) is 3.37. The van der Waals surface area contributed by atoms with E-state index < -0.39 is 11.8 Å². The lowest BCUT2D eigenvalue weighted by Gasteiger charge is -2.09. The number of amides is 2. The van der Waals surface area contributed by atoms with Gasteiger partial charge in [0.05, 0.1) is 24.5 Å². The van der Waals surface area contributed by atoms with Crippen molar-refractivity contribution in [2.24, 2.45) is 5.10 Å². The summed E-state index contributed by atoms with van der Waals surface area (Å²) in [5, 5.41) is 15.9. The number of benzene rings is 1. The molecule has 1 aromatic carbocycles.